The number of ether oxygens (including phenoxy) is 1. The number of halogens is 3. The van der Waals surface area contributed by atoms with Crippen molar-refractivity contribution in [2.75, 3.05) is 13.2 Å². The zero-order chi connectivity index (χ0) is 14.0. The number of carboxylic acid groups (broad SMARTS) is 1. The van der Waals surface area contributed by atoms with Gasteiger partial charge in [-0.25, -0.2) is 14.8 Å². The molecule has 0 amide bonds. The molecule has 104 valence electrons. The maximum absolute atomic E-state index is 12.8. The number of rotatable bonds is 2. The van der Waals surface area contributed by atoms with Gasteiger partial charge < -0.3 is 9.84 Å². The fourth-order valence-electron chi connectivity index (χ4n) is 1.91. The molecule has 8 heteroatoms. The Morgan fingerprint density at radius 1 is 1.47 bits per heavy atom. The van der Waals surface area contributed by atoms with Gasteiger partial charge in [0.15, 0.2) is 5.69 Å². The number of hydrogen-bond donors (Lipinski definition) is 1. The first kappa shape index (κ1) is 13.7. The average molecular weight is 276 g/mol. The van der Waals surface area contributed by atoms with E-state index in [1.165, 1.54) is 0 Å². The Labute approximate surface area is 106 Å². The Morgan fingerprint density at radius 2 is 2.21 bits per heavy atom. The van der Waals surface area contributed by atoms with E-state index >= 15 is 0 Å². The molecule has 0 aliphatic carbocycles. The minimum atomic E-state index is -4.82. The summed E-state index contributed by atoms with van der Waals surface area (Å²) >= 11 is 0. The lowest BCUT2D eigenvalue weighted by molar-refractivity contribution is -0.142. The molecule has 0 aromatic carbocycles. The van der Waals surface area contributed by atoms with Gasteiger partial charge in [0.1, 0.15) is 11.4 Å². The molecule has 2 heterocycles. The number of carboxylic acids is 1. The lowest BCUT2D eigenvalue weighted by Gasteiger charge is -2.21. The van der Waals surface area contributed by atoms with Crippen LogP contribution in [-0.2, 0) is 10.9 Å². The molecular formula is C11H11F3N2O3. The van der Waals surface area contributed by atoms with Crippen molar-refractivity contribution in [1.82, 2.24) is 9.97 Å². The number of nitrogens with zero attached hydrogens (tertiary/aromatic N) is 2. The quantitative estimate of drug-likeness (QED) is 0.895. The number of aromatic nitrogens is 2. The van der Waals surface area contributed by atoms with Gasteiger partial charge in [0.25, 0.3) is 0 Å². The lowest BCUT2D eigenvalue weighted by Crippen LogP contribution is -2.22. The van der Waals surface area contributed by atoms with E-state index in [9.17, 15) is 18.0 Å². The third-order valence-electron chi connectivity index (χ3n) is 2.83. The van der Waals surface area contributed by atoms with Crippen molar-refractivity contribution in [3.8, 4) is 0 Å². The molecule has 1 unspecified atom stereocenters. The Balaban J connectivity index is 2.40. The van der Waals surface area contributed by atoms with Gasteiger partial charge in [0.2, 0.25) is 0 Å². The molecule has 1 aliphatic heterocycles. The van der Waals surface area contributed by atoms with Crippen molar-refractivity contribution >= 4 is 5.97 Å². The van der Waals surface area contributed by atoms with Crippen LogP contribution in [0.5, 0.6) is 0 Å². The number of alkyl halides is 3. The number of hydrogen-bond acceptors (Lipinski definition) is 4. The first-order chi connectivity index (χ1) is 8.89. The predicted octanol–water partition coefficient (Wildman–Crippen LogP) is 2.09. The van der Waals surface area contributed by atoms with Crippen LogP contribution in [0.4, 0.5) is 13.2 Å². The van der Waals surface area contributed by atoms with Gasteiger partial charge >= 0.3 is 12.1 Å². The largest absolute Gasteiger partial charge is 0.478 e. The molecule has 5 nitrogen and oxygen atoms in total. The Morgan fingerprint density at radius 3 is 2.74 bits per heavy atom. The van der Waals surface area contributed by atoms with Crippen LogP contribution in [-0.4, -0.2) is 34.3 Å². The summed E-state index contributed by atoms with van der Waals surface area (Å²) in [5.41, 5.74) is -2.34. The van der Waals surface area contributed by atoms with Gasteiger partial charge in [-0.05, 0) is 12.8 Å². The summed E-state index contributed by atoms with van der Waals surface area (Å²) in [6.45, 7) is 0.819. The monoisotopic (exact) mass is 276 g/mol. The van der Waals surface area contributed by atoms with E-state index in [1.807, 2.05) is 0 Å². The van der Waals surface area contributed by atoms with Crippen molar-refractivity contribution in [1.29, 1.82) is 0 Å². The maximum Gasteiger partial charge on any atom is 0.434 e. The molecule has 1 fully saturated rings. The van der Waals surface area contributed by atoms with Crippen LogP contribution < -0.4 is 0 Å². The summed E-state index contributed by atoms with van der Waals surface area (Å²) in [6.07, 6.45) is -2.76. The number of carbonyl (C=O) groups is 1. The highest BCUT2D eigenvalue weighted by Crippen LogP contribution is 2.32. The maximum atomic E-state index is 12.8. The zero-order valence-corrected chi connectivity index (χ0v) is 9.78. The lowest BCUT2D eigenvalue weighted by atomic mass is 10.0. The third-order valence-corrected chi connectivity index (χ3v) is 2.83. The van der Waals surface area contributed by atoms with Crippen LogP contribution in [0.3, 0.4) is 0 Å². The van der Waals surface area contributed by atoms with Crippen LogP contribution in [0.15, 0.2) is 6.20 Å². The molecule has 1 aromatic heterocycles. The Bertz CT molecular complexity index is 485. The van der Waals surface area contributed by atoms with Crippen LogP contribution in [0, 0.1) is 0 Å². The molecule has 19 heavy (non-hydrogen) atoms. The average Bonchev–Trinajstić information content (AvgIpc) is 2.38. The molecule has 0 radical (unpaired) electrons. The summed E-state index contributed by atoms with van der Waals surface area (Å²) in [4.78, 5) is 17.9. The van der Waals surface area contributed by atoms with Crippen molar-refractivity contribution in [2.45, 2.75) is 24.9 Å². The summed E-state index contributed by atoms with van der Waals surface area (Å²) in [7, 11) is 0. The second-order valence-corrected chi connectivity index (χ2v) is 4.21. The van der Waals surface area contributed by atoms with Crippen molar-refractivity contribution in [2.24, 2.45) is 0 Å². The smallest absolute Gasteiger partial charge is 0.434 e. The Hall–Kier alpha value is -1.70. The first-order valence-corrected chi connectivity index (χ1v) is 5.64. The third kappa shape index (κ3) is 3.01. The minimum Gasteiger partial charge on any atom is -0.478 e. The summed E-state index contributed by atoms with van der Waals surface area (Å²) in [5, 5.41) is 8.73. The molecule has 1 saturated heterocycles. The first-order valence-electron chi connectivity index (χ1n) is 5.64. The van der Waals surface area contributed by atoms with Crippen molar-refractivity contribution < 1.29 is 27.8 Å². The van der Waals surface area contributed by atoms with Gasteiger partial charge in [-0.15, -0.1) is 0 Å². The van der Waals surface area contributed by atoms with E-state index in [0.29, 0.717) is 19.2 Å². The van der Waals surface area contributed by atoms with Crippen LogP contribution in [0.25, 0.3) is 0 Å². The molecule has 1 N–H and O–H groups in total. The number of aromatic carboxylic acids is 1. The highest BCUT2D eigenvalue weighted by atomic mass is 19.4. The standard InChI is InChI=1S/C11H11F3N2O3/c12-11(13,14)8-7(10(17)18)4-15-9(16-8)6-2-1-3-19-5-6/h4,6H,1-3,5H2,(H,17,18). The second-order valence-electron chi connectivity index (χ2n) is 4.21. The molecule has 2 rings (SSSR count). The molecule has 0 saturated carbocycles. The van der Waals surface area contributed by atoms with Gasteiger partial charge in [0.05, 0.1) is 6.61 Å². The minimum absolute atomic E-state index is 0.0166. The van der Waals surface area contributed by atoms with Crippen LogP contribution >= 0.6 is 0 Å². The van der Waals surface area contributed by atoms with E-state index in [-0.39, 0.29) is 18.3 Å². The van der Waals surface area contributed by atoms with E-state index in [4.69, 9.17) is 9.84 Å². The van der Waals surface area contributed by atoms with Crippen LogP contribution in [0.1, 0.15) is 40.6 Å². The molecule has 1 atom stereocenters. The van der Waals surface area contributed by atoms with Crippen molar-refractivity contribution in [3.05, 3.63) is 23.3 Å². The van der Waals surface area contributed by atoms with Gasteiger partial charge in [-0.3, -0.25) is 0 Å². The highest BCUT2D eigenvalue weighted by Gasteiger charge is 2.38. The Kier molecular flexibility index (Phi) is 3.70. The highest BCUT2D eigenvalue weighted by molar-refractivity contribution is 5.88. The zero-order valence-electron chi connectivity index (χ0n) is 9.78. The summed E-state index contributed by atoms with van der Waals surface area (Å²) in [5.74, 6) is -2.03. The predicted molar refractivity (Wildman–Crippen MR) is 56.8 cm³/mol. The molecule has 0 spiro atoms. The SMILES string of the molecule is O=C(O)c1cnc(C2CCCOC2)nc1C(F)(F)F. The second kappa shape index (κ2) is 5.12. The molecular weight excluding hydrogens is 265 g/mol. The summed E-state index contributed by atoms with van der Waals surface area (Å²) in [6, 6.07) is 0. The normalized spacial score (nSPS) is 20.3. The van der Waals surface area contributed by atoms with Crippen molar-refractivity contribution in [3.63, 3.8) is 0 Å². The van der Waals surface area contributed by atoms with Gasteiger partial charge in [-0.1, -0.05) is 0 Å². The van der Waals surface area contributed by atoms with Gasteiger partial charge in [-0.2, -0.15) is 13.2 Å². The van der Waals surface area contributed by atoms with E-state index in [2.05, 4.69) is 9.97 Å². The van der Waals surface area contributed by atoms with E-state index in [0.717, 1.165) is 6.42 Å². The summed E-state index contributed by atoms with van der Waals surface area (Å²) < 4.78 is 43.5. The van der Waals surface area contributed by atoms with E-state index < -0.39 is 23.4 Å². The van der Waals surface area contributed by atoms with Crippen LogP contribution in [0.2, 0.25) is 0 Å². The topological polar surface area (TPSA) is 72.3 Å². The van der Waals surface area contributed by atoms with E-state index in [1.54, 1.807) is 0 Å². The molecule has 1 aromatic rings. The molecule has 0 bridgehead atoms. The fraction of sp³-hybridized carbons (Fsp3) is 0.545. The fourth-order valence-corrected chi connectivity index (χ4v) is 1.91. The molecule has 1 aliphatic rings. The van der Waals surface area contributed by atoms with Gasteiger partial charge in [0, 0.05) is 18.7 Å².